The van der Waals surface area contributed by atoms with E-state index in [-0.39, 0.29) is 27.5 Å². The molecule has 13 heteroatoms. The number of ether oxygens (including phenoxy) is 1. The molecule has 196 valence electrons. The molecule has 37 heavy (non-hydrogen) atoms. The van der Waals surface area contributed by atoms with E-state index >= 15 is 4.39 Å². The Labute approximate surface area is 214 Å². The SMILES string of the molecule is Cc1c(Cc2c(F)cccc2C(F)(F)F)c2n(c(=O)c1-c1cccc(OC(F)F)c1F)C(C(=O)S)CS2. The van der Waals surface area contributed by atoms with Crippen LogP contribution in [0.5, 0.6) is 5.75 Å². The Morgan fingerprint density at radius 3 is 2.46 bits per heavy atom. The third-order valence-electron chi connectivity index (χ3n) is 5.94. The molecule has 4 nitrogen and oxygen atoms in total. The Hall–Kier alpha value is -2.93. The van der Waals surface area contributed by atoms with Gasteiger partial charge < -0.3 is 4.74 Å². The summed E-state index contributed by atoms with van der Waals surface area (Å²) in [5.74, 6) is -3.31. The lowest BCUT2D eigenvalue weighted by molar-refractivity contribution is -0.138. The highest BCUT2D eigenvalue weighted by Crippen LogP contribution is 2.42. The molecule has 0 saturated carbocycles. The Bertz CT molecular complexity index is 1450. The number of rotatable bonds is 6. The Morgan fingerprint density at radius 2 is 1.84 bits per heavy atom. The molecule has 3 aromatic rings. The highest BCUT2D eigenvalue weighted by atomic mass is 32.2. The standard InChI is InChI=1S/C24H16F7NO3S2/c1-10-12(8-13-14(24(29,30)31)5-3-6-15(13)25)21-32(16(9-37-21)22(34)36)20(33)18(10)11-4-2-7-17(19(11)26)35-23(27)28/h2-7,16,23H,8-9H2,1H3,(H,34,36). The van der Waals surface area contributed by atoms with Gasteiger partial charge in [-0.25, -0.2) is 8.78 Å². The summed E-state index contributed by atoms with van der Waals surface area (Å²) in [7, 11) is 0. The molecule has 1 atom stereocenters. The molecule has 0 saturated heterocycles. The number of alkyl halides is 5. The number of hydrogen-bond donors (Lipinski definition) is 1. The largest absolute Gasteiger partial charge is 0.432 e. The molecule has 0 radical (unpaired) electrons. The summed E-state index contributed by atoms with van der Waals surface area (Å²) in [6.07, 6.45) is -5.54. The minimum atomic E-state index is -4.90. The number of fused-ring (bicyclic) bond motifs is 1. The van der Waals surface area contributed by atoms with E-state index in [1.165, 1.54) is 6.92 Å². The zero-order valence-corrected chi connectivity index (χ0v) is 20.4. The van der Waals surface area contributed by atoms with E-state index in [1.54, 1.807) is 0 Å². The van der Waals surface area contributed by atoms with Crippen molar-refractivity contribution in [3.8, 4) is 16.9 Å². The molecule has 0 N–H and O–H groups in total. The maximum atomic E-state index is 15.2. The van der Waals surface area contributed by atoms with Crippen molar-refractivity contribution in [3.05, 3.63) is 80.6 Å². The van der Waals surface area contributed by atoms with Crippen LogP contribution >= 0.6 is 24.4 Å². The van der Waals surface area contributed by atoms with E-state index in [0.717, 1.165) is 46.7 Å². The average molecular weight is 564 g/mol. The van der Waals surface area contributed by atoms with E-state index < -0.39 is 70.0 Å². The lowest BCUT2D eigenvalue weighted by Gasteiger charge is -2.21. The second-order valence-electron chi connectivity index (χ2n) is 8.06. The fourth-order valence-corrected chi connectivity index (χ4v) is 5.98. The fraction of sp³-hybridized carbons (Fsp3) is 0.250. The van der Waals surface area contributed by atoms with E-state index in [2.05, 4.69) is 17.4 Å². The molecule has 1 aromatic heterocycles. The summed E-state index contributed by atoms with van der Waals surface area (Å²) >= 11 is 4.78. The minimum absolute atomic E-state index is 0.000452. The summed E-state index contributed by atoms with van der Waals surface area (Å²) in [4.78, 5) is 25.7. The molecule has 2 aromatic carbocycles. The number of benzene rings is 2. The molecule has 1 aliphatic heterocycles. The molecule has 2 heterocycles. The summed E-state index contributed by atoms with van der Waals surface area (Å²) in [6, 6.07) is 4.51. The van der Waals surface area contributed by atoms with Crippen molar-refractivity contribution in [1.82, 2.24) is 4.57 Å². The summed E-state index contributed by atoms with van der Waals surface area (Å²) in [5.41, 5.74) is -3.63. The zero-order chi connectivity index (χ0) is 27.2. The van der Waals surface area contributed by atoms with Gasteiger partial charge in [0.25, 0.3) is 5.56 Å². The van der Waals surface area contributed by atoms with Gasteiger partial charge in [-0.15, -0.1) is 24.4 Å². The van der Waals surface area contributed by atoms with Gasteiger partial charge in [-0.05, 0) is 36.2 Å². The minimum Gasteiger partial charge on any atom is -0.432 e. The van der Waals surface area contributed by atoms with E-state index in [4.69, 9.17) is 0 Å². The van der Waals surface area contributed by atoms with Gasteiger partial charge in [0.15, 0.2) is 11.6 Å². The van der Waals surface area contributed by atoms with Crippen LogP contribution in [-0.4, -0.2) is 22.0 Å². The van der Waals surface area contributed by atoms with Crippen LogP contribution in [-0.2, 0) is 17.4 Å². The van der Waals surface area contributed by atoms with Crippen molar-refractivity contribution in [2.24, 2.45) is 0 Å². The molecule has 4 rings (SSSR count). The number of carbonyl (C=O) groups excluding carboxylic acids is 1. The molecule has 0 spiro atoms. The van der Waals surface area contributed by atoms with Gasteiger partial charge in [0.1, 0.15) is 11.9 Å². The van der Waals surface area contributed by atoms with Crippen LogP contribution in [0.3, 0.4) is 0 Å². The summed E-state index contributed by atoms with van der Waals surface area (Å²) in [5, 5.41) is -0.623. The molecule has 0 aliphatic carbocycles. The van der Waals surface area contributed by atoms with Gasteiger partial charge in [0.05, 0.1) is 16.2 Å². The first-order chi connectivity index (χ1) is 17.3. The molecule has 1 aliphatic rings. The van der Waals surface area contributed by atoms with Crippen molar-refractivity contribution in [3.63, 3.8) is 0 Å². The summed E-state index contributed by atoms with van der Waals surface area (Å²) in [6.45, 7) is -2.04. The number of hydrogen-bond acceptors (Lipinski definition) is 4. The number of thioether (sulfide) groups is 1. The predicted octanol–water partition coefficient (Wildman–Crippen LogP) is 6.42. The highest BCUT2D eigenvalue weighted by Gasteiger charge is 2.37. The lowest BCUT2D eigenvalue weighted by Crippen LogP contribution is -2.30. The zero-order valence-electron chi connectivity index (χ0n) is 18.7. The number of nitrogens with zero attached hydrogens (tertiary/aromatic N) is 1. The van der Waals surface area contributed by atoms with Crippen molar-refractivity contribution in [2.45, 2.75) is 37.2 Å². The van der Waals surface area contributed by atoms with Crippen LogP contribution in [0.25, 0.3) is 11.1 Å². The van der Waals surface area contributed by atoms with Crippen molar-refractivity contribution < 1.29 is 40.3 Å². The van der Waals surface area contributed by atoms with Crippen molar-refractivity contribution >= 4 is 29.5 Å². The normalized spacial score (nSPS) is 15.2. The smallest absolute Gasteiger partial charge is 0.416 e. The first-order valence-corrected chi connectivity index (χ1v) is 12.0. The first kappa shape index (κ1) is 27.1. The van der Waals surface area contributed by atoms with Gasteiger partial charge in [-0.3, -0.25) is 14.2 Å². The Kier molecular flexibility index (Phi) is 7.39. The number of thiol groups is 1. The topological polar surface area (TPSA) is 48.3 Å². The maximum Gasteiger partial charge on any atom is 0.416 e. The second kappa shape index (κ2) is 10.1. The van der Waals surface area contributed by atoms with E-state index in [0.29, 0.717) is 6.07 Å². The first-order valence-electron chi connectivity index (χ1n) is 10.5. The predicted molar refractivity (Wildman–Crippen MR) is 125 cm³/mol. The molecular weight excluding hydrogens is 547 g/mol. The van der Waals surface area contributed by atoms with Gasteiger partial charge in [0.2, 0.25) is 5.12 Å². The quantitative estimate of drug-likeness (QED) is 0.278. The number of halogens is 7. The van der Waals surface area contributed by atoms with Crippen LogP contribution in [0.4, 0.5) is 30.7 Å². The number of aromatic nitrogens is 1. The highest BCUT2D eigenvalue weighted by molar-refractivity contribution is 8.00. The lowest BCUT2D eigenvalue weighted by atomic mass is 9.92. The van der Waals surface area contributed by atoms with Crippen LogP contribution in [0.1, 0.15) is 28.3 Å². The van der Waals surface area contributed by atoms with Crippen molar-refractivity contribution in [2.75, 3.05) is 5.75 Å². The van der Waals surface area contributed by atoms with E-state index in [1.807, 2.05) is 0 Å². The maximum absolute atomic E-state index is 15.2. The molecular formula is C24H16F7NO3S2. The third kappa shape index (κ3) is 4.98. The second-order valence-corrected chi connectivity index (χ2v) is 9.51. The summed E-state index contributed by atoms with van der Waals surface area (Å²) < 4.78 is 102. The van der Waals surface area contributed by atoms with Crippen molar-refractivity contribution in [1.29, 1.82) is 0 Å². The number of carbonyl (C=O) groups is 1. The van der Waals surface area contributed by atoms with Crippen LogP contribution in [0.15, 0.2) is 46.2 Å². The van der Waals surface area contributed by atoms with Crippen LogP contribution in [0, 0.1) is 18.6 Å². The average Bonchev–Trinajstić information content (AvgIpc) is 3.24. The van der Waals surface area contributed by atoms with Gasteiger partial charge in [-0.2, -0.15) is 22.0 Å². The van der Waals surface area contributed by atoms with Crippen LogP contribution in [0.2, 0.25) is 0 Å². The molecule has 0 amide bonds. The van der Waals surface area contributed by atoms with E-state index in [9.17, 15) is 35.9 Å². The van der Waals surface area contributed by atoms with Gasteiger partial charge in [-0.1, -0.05) is 18.2 Å². The van der Waals surface area contributed by atoms with Crippen LogP contribution < -0.4 is 10.3 Å². The Morgan fingerprint density at radius 1 is 1.16 bits per heavy atom. The monoisotopic (exact) mass is 563 g/mol. The molecule has 0 fully saturated rings. The molecule has 1 unspecified atom stereocenters. The number of pyridine rings is 1. The van der Waals surface area contributed by atoms with Gasteiger partial charge >= 0.3 is 12.8 Å². The Balaban J connectivity index is 2.03. The molecule has 0 bridgehead atoms. The third-order valence-corrected chi connectivity index (χ3v) is 7.44. The van der Waals surface area contributed by atoms with Gasteiger partial charge in [0, 0.05) is 23.3 Å². The fourth-order valence-electron chi connectivity index (χ4n) is 4.28.